The Morgan fingerprint density at radius 2 is 1.94 bits per heavy atom. The van der Waals surface area contributed by atoms with Gasteiger partial charge in [0.2, 0.25) is 5.91 Å². The standard InChI is InChI=1S/C26H24BrClN2O3S/c27-18-3-1-2-17(14-18)26(32)30(20-6-7-20)15-25(31)29-12-10-24-22(11-13-34-24)23(29)16-33-21-8-4-19(28)5-9-21/h1-5,8-9,11,13-14,20,23H,6-7,10,12,15-16H2/t23-/m0/s1. The van der Waals surface area contributed by atoms with E-state index in [1.165, 1.54) is 4.88 Å². The highest BCUT2D eigenvalue weighted by molar-refractivity contribution is 9.10. The lowest BCUT2D eigenvalue weighted by molar-refractivity contribution is -0.135. The topological polar surface area (TPSA) is 49.9 Å². The van der Waals surface area contributed by atoms with Crippen LogP contribution in [-0.2, 0) is 11.2 Å². The molecule has 1 fully saturated rings. The first kappa shape index (κ1) is 23.4. The molecule has 2 aromatic carbocycles. The van der Waals surface area contributed by atoms with Crippen LogP contribution in [0.4, 0.5) is 0 Å². The van der Waals surface area contributed by atoms with Crippen LogP contribution in [0.3, 0.4) is 0 Å². The van der Waals surface area contributed by atoms with Crippen molar-refractivity contribution in [3.63, 3.8) is 0 Å². The molecule has 2 aliphatic rings. The van der Waals surface area contributed by atoms with Gasteiger partial charge in [0.15, 0.2) is 0 Å². The number of fused-ring (bicyclic) bond motifs is 1. The van der Waals surface area contributed by atoms with Gasteiger partial charge in [-0.25, -0.2) is 0 Å². The van der Waals surface area contributed by atoms with Gasteiger partial charge in [-0.2, -0.15) is 0 Å². The molecule has 2 heterocycles. The van der Waals surface area contributed by atoms with E-state index in [0.717, 1.165) is 29.3 Å². The van der Waals surface area contributed by atoms with Crippen LogP contribution >= 0.6 is 38.9 Å². The normalized spacial score (nSPS) is 17.2. The quantitative estimate of drug-likeness (QED) is 0.358. The van der Waals surface area contributed by atoms with Crippen molar-refractivity contribution in [3.05, 3.63) is 85.5 Å². The Hall–Kier alpha value is -2.35. The van der Waals surface area contributed by atoms with E-state index in [0.29, 0.717) is 29.5 Å². The molecule has 176 valence electrons. The zero-order valence-corrected chi connectivity index (χ0v) is 21.6. The van der Waals surface area contributed by atoms with Crippen molar-refractivity contribution in [2.75, 3.05) is 19.7 Å². The SMILES string of the molecule is O=C(c1cccc(Br)c1)N(CC(=O)N1CCc2sccc2[C@@H]1COc1ccc(Cl)cc1)C1CC1. The van der Waals surface area contributed by atoms with Crippen molar-refractivity contribution in [1.29, 1.82) is 0 Å². The van der Waals surface area contributed by atoms with E-state index < -0.39 is 0 Å². The fourth-order valence-electron chi connectivity index (χ4n) is 4.36. The summed E-state index contributed by atoms with van der Waals surface area (Å²) in [6, 6.07) is 16.6. The zero-order chi connectivity index (χ0) is 23.7. The van der Waals surface area contributed by atoms with E-state index >= 15 is 0 Å². The maximum atomic E-state index is 13.6. The summed E-state index contributed by atoms with van der Waals surface area (Å²) in [5.41, 5.74) is 1.73. The summed E-state index contributed by atoms with van der Waals surface area (Å²) >= 11 is 11.2. The van der Waals surface area contributed by atoms with Gasteiger partial charge in [-0.15, -0.1) is 11.3 Å². The molecule has 34 heavy (non-hydrogen) atoms. The Balaban J connectivity index is 1.34. The molecule has 1 aliphatic carbocycles. The minimum absolute atomic E-state index is 0.0446. The molecule has 5 nitrogen and oxygen atoms in total. The van der Waals surface area contributed by atoms with Crippen LogP contribution in [-0.4, -0.2) is 47.4 Å². The first-order chi connectivity index (χ1) is 16.5. The molecule has 1 atom stereocenters. The molecule has 3 aromatic rings. The molecule has 0 spiro atoms. The minimum atomic E-state index is -0.194. The lowest BCUT2D eigenvalue weighted by Crippen LogP contribution is -2.48. The second-order valence-corrected chi connectivity index (χ2v) is 10.9. The number of nitrogens with zero attached hydrogens (tertiary/aromatic N) is 2. The fraction of sp³-hybridized carbons (Fsp3) is 0.308. The molecule has 5 rings (SSSR count). The van der Waals surface area contributed by atoms with Crippen LogP contribution in [0.2, 0.25) is 5.02 Å². The number of hydrogen-bond acceptors (Lipinski definition) is 4. The number of carbonyl (C=O) groups is 2. The van der Waals surface area contributed by atoms with Crippen LogP contribution in [0.1, 0.15) is 39.7 Å². The van der Waals surface area contributed by atoms with E-state index in [9.17, 15) is 9.59 Å². The van der Waals surface area contributed by atoms with Gasteiger partial charge in [-0.3, -0.25) is 9.59 Å². The Morgan fingerprint density at radius 1 is 1.15 bits per heavy atom. The van der Waals surface area contributed by atoms with E-state index in [-0.39, 0.29) is 30.4 Å². The Bertz CT molecular complexity index is 1190. The number of hydrogen-bond donors (Lipinski definition) is 0. The van der Waals surface area contributed by atoms with Crippen molar-refractivity contribution < 1.29 is 14.3 Å². The summed E-state index contributed by atoms with van der Waals surface area (Å²) in [7, 11) is 0. The molecule has 0 saturated heterocycles. The number of amides is 2. The monoisotopic (exact) mass is 558 g/mol. The summed E-state index contributed by atoms with van der Waals surface area (Å²) in [6.07, 6.45) is 2.69. The molecule has 0 bridgehead atoms. The predicted molar refractivity (Wildman–Crippen MR) is 138 cm³/mol. The van der Waals surface area contributed by atoms with E-state index in [1.54, 1.807) is 34.4 Å². The lowest BCUT2D eigenvalue weighted by Gasteiger charge is -2.37. The second-order valence-electron chi connectivity index (χ2n) is 8.59. The average molecular weight is 560 g/mol. The summed E-state index contributed by atoms with van der Waals surface area (Å²) in [4.78, 5) is 31.8. The second kappa shape index (κ2) is 10.1. The number of benzene rings is 2. The Labute approximate surface area is 216 Å². The highest BCUT2D eigenvalue weighted by Gasteiger charge is 2.38. The van der Waals surface area contributed by atoms with E-state index in [4.69, 9.17) is 16.3 Å². The van der Waals surface area contributed by atoms with Gasteiger partial charge in [-0.05, 0) is 78.7 Å². The van der Waals surface area contributed by atoms with Crippen LogP contribution in [0.15, 0.2) is 64.5 Å². The first-order valence-electron chi connectivity index (χ1n) is 11.3. The molecule has 1 aromatic heterocycles. The molecule has 2 amide bonds. The molecule has 1 saturated carbocycles. The van der Waals surface area contributed by atoms with Crippen molar-refractivity contribution in [2.24, 2.45) is 0 Å². The third-order valence-electron chi connectivity index (χ3n) is 6.26. The van der Waals surface area contributed by atoms with Crippen LogP contribution < -0.4 is 4.74 Å². The molecule has 8 heteroatoms. The highest BCUT2D eigenvalue weighted by atomic mass is 79.9. The summed E-state index contributed by atoms with van der Waals surface area (Å²) in [6.45, 7) is 1.04. The first-order valence-corrected chi connectivity index (χ1v) is 13.4. The van der Waals surface area contributed by atoms with Gasteiger partial charge in [0.05, 0.1) is 6.04 Å². The van der Waals surface area contributed by atoms with Gasteiger partial charge in [0.1, 0.15) is 18.9 Å². The lowest BCUT2D eigenvalue weighted by atomic mass is 10.0. The maximum Gasteiger partial charge on any atom is 0.254 e. The van der Waals surface area contributed by atoms with Crippen molar-refractivity contribution in [3.8, 4) is 5.75 Å². The summed E-state index contributed by atoms with van der Waals surface area (Å²) in [5, 5.41) is 2.72. The van der Waals surface area contributed by atoms with Crippen LogP contribution in [0, 0.1) is 0 Å². The molecule has 0 radical (unpaired) electrons. The molecular formula is C26H24BrClN2O3S. The van der Waals surface area contributed by atoms with Gasteiger partial charge in [0, 0.05) is 32.5 Å². The average Bonchev–Trinajstić information content (AvgIpc) is 3.57. The van der Waals surface area contributed by atoms with Crippen molar-refractivity contribution >= 4 is 50.7 Å². The largest absolute Gasteiger partial charge is 0.491 e. The maximum absolute atomic E-state index is 13.6. The molecule has 0 N–H and O–H groups in total. The van der Waals surface area contributed by atoms with Crippen molar-refractivity contribution in [1.82, 2.24) is 9.80 Å². The van der Waals surface area contributed by atoms with Crippen molar-refractivity contribution in [2.45, 2.75) is 31.3 Å². The third-order valence-corrected chi connectivity index (χ3v) is 8.00. The number of rotatable bonds is 7. The van der Waals surface area contributed by atoms with E-state index in [1.807, 2.05) is 35.2 Å². The summed E-state index contributed by atoms with van der Waals surface area (Å²) in [5.74, 6) is 0.569. The van der Waals surface area contributed by atoms with Gasteiger partial charge >= 0.3 is 0 Å². The number of halogens is 2. The zero-order valence-electron chi connectivity index (χ0n) is 18.5. The predicted octanol–water partition coefficient (Wildman–Crippen LogP) is 5.97. The van der Waals surface area contributed by atoms with Gasteiger partial charge in [0.25, 0.3) is 5.91 Å². The van der Waals surface area contributed by atoms with Crippen LogP contribution in [0.25, 0.3) is 0 Å². The van der Waals surface area contributed by atoms with E-state index in [2.05, 4.69) is 27.4 Å². The molecule has 1 aliphatic heterocycles. The molecular weight excluding hydrogens is 536 g/mol. The van der Waals surface area contributed by atoms with Crippen LogP contribution in [0.5, 0.6) is 5.75 Å². The third kappa shape index (κ3) is 5.16. The van der Waals surface area contributed by atoms with Gasteiger partial charge < -0.3 is 14.5 Å². The number of ether oxygens (including phenoxy) is 1. The molecule has 0 unspecified atom stereocenters. The minimum Gasteiger partial charge on any atom is -0.491 e. The number of thiophene rings is 1. The Morgan fingerprint density at radius 3 is 2.68 bits per heavy atom. The number of carbonyl (C=O) groups excluding carboxylic acids is 2. The fourth-order valence-corrected chi connectivity index (χ4v) is 5.81. The Kier molecular flexibility index (Phi) is 6.95. The van der Waals surface area contributed by atoms with Gasteiger partial charge in [-0.1, -0.05) is 33.6 Å². The smallest absolute Gasteiger partial charge is 0.254 e. The highest BCUT2D eigenvalue weighted by Crippen LogP contribution is 2.35. The summed E-state index contributed by atoms with van der Waals surface area (Å²) < 4.78 is 6.92.